The van der Waals surface area contributed by atoms with E-state index < -0.39 is 41.3 Å². The van der Waals surface area contributed by atoms with E-state index in [0.29, 0.717) is 46.7 Å². The summed E-state index contributed by atoms with van der Waals surface area (Å²) in [7, 11) is 2.94. The van der Waals surface area contributed by atoms with E-state index in [1.807, 2.05) is 18.2 Å². The van der Waals surface area contributed by atoms with Crippen LogP contribution in [-0.2, 0) is 9.53 Å². The van der Waals surface area contributed by atoms with Crippen LogP contribution in [0.1, 0.15) is 38.9 Å². The average molecular weight is 690 g/mol. The van der Waals surface area contributed by atoms with Crippen molar-refractivity contribution in [2.24, 2.45) is 5.11 Å². The van der Waals surface area contributed by atoms with E-state index in [4.69, 9.17) is 24.8 Å². The number of nitrogens with one attached hydrogen (secondary N) is 2. The van der Waals surface area contributed by atoms with Gasteiger partial charge in [-0.25, -0.2) is 9.78 Å². The summed E-state index contributed by atoms with van der Waals surface area (Å²) >= 11 is 0. The number of rotatable bonds is 8. The summed E-state index contributed by atoms with van der Waals surface area (Å²) in [6, 6.07) is 8.45. The number of aryl methyl sites for hydroxylation is 1. The van der Waals surface area contributed by atoms with Crippen molar-refractivity contribution in [2.75, 3.05) is 47.0 Å². The van der Waals surface area contributed by atoms with Gasteiger partial charge in [0.25, 0.3) is 23.2 Å². The van der Waals surface area contributed by atoms with Gasteiger partial charge in [0.15, 0.2) is 0 Å². The molecule has 4 aromatic rings. The Kier molecular flexibility index (Phi) is 11.0. The molecule has 5 heterocycles. The second-order valence-corrected chi connectivity index (χ2v) is 11.4. The van der Waals surface area contributed by atoms with Crippen LogP contribution in [0.4, 0.5) is 0 Å². The van der Waals surface area contributed by atoms with Gasteiger partial charge in [0.05, 0.1) is 50.1 Å². The highest BCUT2D eigenvalue weighted by Crippen LogP contribution is 2.33. The molecule has 0 aliphatic carbocycles. The van der Waals surface area contributed by atoms with Gasteiger partial charge >= 0.3 is 5.69 Å². The maximum Gasteiger partial charge on any atom is 0.330 e. The van der Waals surface area contributed by atoms with Gasteiger partial charge in [-0.15, -0.1) is 0 Å². The lowest BCUT2D eigenvalue weighted by Crippen LogP contribution is -2.52. The Morgan fingerprint density at radius 1 is 1.10 bits per heavy atom. The van der Waals surface area contributed by atoms with Crippen molar-refractivity contribution in [3.8, 4) is 11.6 Å². The number of piperazine rings is 1. The first-order chi connectivity index (χ1) is 24.1. The number of benzene rings is 1. The molecule has 18 nitrogen and oxygen atoms in total. The number of fused-ring (bicyclic) bond motifs is 1. The number of methoxy groups -OCH3 is 2. The number of azide groups is 1. The number of nitrogens with zero attached hydrogens (tertiary/aromatic N) is 7. The Hall–Kier alpha value is -5.97. The Morgan fingerprint density at radius 3 is 2.44 bits per heavy atom. The second kappa shape index (κ2) is 15.5. The number of ether oxygens (including phenoxy) is 3. The van der Waals surface area contributed by atoms with Crippen LogP contribution in [0.3, 0.4) is 0 Å². The van der Waals surface area contributed by atoms with Gasteiger partial charge in [0.2, 0.25) is 5.88 Å². The van der Waals surface area contributed by atoms with Crippen LogP contribution in [0.25, 0.3) is 21.3 Å². The topological polar surface area (TPSA) is 238 Å². The number of carbonyl (C=O) groups is 3. The number of carbonyl (C=O) groups excluding carboxylic acids is 3. The number of amides is 2. The van der Waals surface area contributed by atoms with Gasteiger partial charge in [-0.2, -0.15) is 0 Å². The molecule has 2 amide bonds. The maximum absolute atomic E-state index is 13.0. The number of aliphatic hydroxyl groups is 1. The number of ketones is 1. The van der Waals surface area contributed by atoms with Crippen LogP contribution >= 0.6 is 0 Å². The van der Waals surface area contributed by atoms with Gasteiger partial charge in [0.1, 0.15) is 17.5 Å². The maximum atomic E-state index is 13.0. The molecule has 18 heteroatoms. The van der Waals surface area contributed by atoms with Gasteiger partial charge in [-0.05, 0) is 24.6 Å². The molecule has 0 saturated carbocycles. The van der Waals surface area contributed by atoms with Crippen LogP contribution in [0.5, 0.6) is 11.6 Å². The van der Waals surface area contributed by atoms with Crippen LogP contribution < -0.4 is 20.7 Å². The number of pyridine rings is 1. The molecule has 2 fully saturated rings. The number of aliphatic hydroxyl groups excluding tert-OH is 1. The molecule has 0 unspecified atom stereocenters. The zero-order chi connectivity index (χ0) is 35.9. The zero-order valence-corrected chi connectivity index (χ0v) is 27.4. The first-order valence-electron chi connectivity index (χ1n) is 15.5. The average Bonchev–Trinajstić information content (AvgIpc) is 3.77. The number of Topliss-reactive ketones (excluding diaryl/α,β-unsaturated/α-hetero) is 1. The van der Waals surface area contributed by atoms with E-state index in [0.717, 1.165) is 0 Å². The van der Waals surface area contributed by atoms with Crippen molar-refractivity contribution in [1.82, 2.24) is 29.3 Å². The molecule has 2 aliphatic heterocycles. The van der Waals surface area contributed by atoms with E-state index in [9.17, 15) is 24.0 Å². The predicted octanol–water partition coefficient (Wildman–Crippen LogP) is 1.55. The second-order valence-electron chi connectivity index (χ2n) is 11.4. The molecule has 0 spiro atoms. The number of aromatic nitrogens is 4. The fraction of sp³-hybridized carbons (Fsp3) is 0.375. The molecule has 2 saturated heterocycles. The Balaban J connectivity index is 0.000000219. The SMILES string of the molecule is COc1ncc(OC)c2c(C(=O)C(=O)N3CCN(C(=O)c4ccccc4)CC3)c[nH]c12.Cc1cn([C@H]2C[C@H](N=[N+]=[N-])[C@@H](CO)O2)c(=O)[nH]c1=O. The molecule has 3 atom stereocenters. The number of hydrogen-bond acceptors (Lipinski definition) is 11. The summed E-state index contributed by atoms with van der Waals surface area (Å²) in [6.07, 6.45) is 3.24. The molecular weight excluding hydrogens is 654 g/mol. The lowest BCUT2D eigenvalue weighted by molar-refractivity contribution is -0.127. The van der Waals surface area contributed by atoms with Crippen LogP contribution in [-0.4, -0.2) is 111 Å². The van der Waals surface area contributed by atoms with Crippen LogP contribution in [0.15, 0.2) is 63.6 Å². The van der Waals surface area contributed by atoms with Crippen molar-refractivity contribution >= 4 is 28.5 Å². The molecule has 0 radical (unpaired) electrons. The quantitative estimate of drug-likeness (QED) is 0.0793. The molecular formula is C32H35N9O9. The van der Waals surface area contributed by atoms with Crippen molar-refractivity contribution in [2.45, 2.75) is 31.7 Å². The van der Waals surface area contributed by atoms with Gasteiger partial charge in [-0.3, -0.25) is 28.7 Å². The summed E-state index contributed by atoms with van der Waals surface area (Å²) < 4.78 is 17.2. The minimum Gasteiger partial charge on any atom is -0.494 e. The standard InChI is InChI=1S/C22H22N4O5.C10H13N5O4/c1-30-16-13-24-20(31-2)18-17(16)15(12-23-18)19(27)22(29)26-10-8-25(9-11-26)21(28)14-6-4-3-5-7-14;1-5-3-15(10(18)12-9(5)17)8-2-6(13-14-11)7(4-16)19-8/h3-7,12-13,23H,8-11H2,1-2H3;3,6-8,16H,2,4H2,1H3,(H,12,17,18)/t;6-,7+,8+/m.0/s1. The van der Waals surface area contributed by atoms with Gasteiger partial charge in [0, 0.05) is 61.0 Å². The first kappa shape index (κ1) is 35.3. The Labute approximate surface area is 283 Å². The fourth-order valence-corrected chi connectivity index (χ4v) is 5.76. The summed E-state index contributed by atoms with van der Waals surface area (Å²) in [6.45, 7) is 2.56. The number of H-pyrrole nitrogens is 2. The van der Waals surface area contributed by atoms with Crippen LogP contribution in [0.2, 0.25) is 0 Å². The van der Waals surface area contributed by atoms with Crippen molar-refractivity contribution in [1.29, 1.82) is 0 Å². The van der Waals surface area contributed by atoms with E-state index >= 15 is 0 Å². The predicted molar refractivity (Wildman–Crippen MR) is 177 cm³/mol. The van der Waals surface area contributed by atoms with Gasteiger partial charge in [-0.1, -0.05) is 23.3 Å². The molecule has 3 N–H and O–H groups in total. The summed E-state index contributed by atoms with van der Waals surface area (Å²) in [5, 5.41) is 13.1. The molecule has 2 aliphatic rings. The zero-order valence-electron chi connectivity index (χ0n) is 27.4. The Bertz CT molecular complexity index is 2050. The minimum atomic E-state index is -0.671. The third kappa shape index (κ3) is 7.21. The third-order valence-corrected chi connectivity index (χ3v) is 8.41. The van der Waals surface area contributed by atoms with E-state index in [2.05, 4.69) is 25.0 Å². The van der Waals surface area contributed by atoms with Crippen molar-refractivity contribution < 1.29 is 33.7 Å². The number of hydrogen-bond donors (Lipinski definition) is 3. The van der Waals surface area contributed by atoms with Gasteiger partial charge < -0.3 is 34.1 Å². The van der Waals surface area contributed by atoms with Crippen molar-refractivity contribution in [3.05, 3.63) is 96.9 Å². The summed E-state index contributed by atoms with van der Waals surface area (Å²) in [5.41, 5.74) is 9.04. The van der Waals surface area contributed by atoms with Crippen molar-refractivity contribution in [3.63, 3.8) is 0 Å². The highest BCUT2D eigenvalue weighted by Gasteiger charge is 2.36. The highest BCUT2D eigenvalue weighted by atomic mass is 16.5. The van der Waals surface area contributed by atoms with E-state index in [1.54, 1.807) is 24.0 Å². The smallest absolute Gasteiger partial charge is 0.330 e. The molecule has 50 heavy (non-hydrogen) atoms. The lowest BCUT2D eigenvalue weighted by Gasteiger charge is -2.34. The normalized spacial score (nSPS) is 18.5. The fourth-order valence-electron chi connectivity index (χ4n) is 5.76. The lowest BCUT2D eigenvalue weighted by atomic mass is 10.1. The number of aromatic amines is 2. The third-order valence-electron chi connectivity index (χ3n) is 8.41. The molecule has 3 aromatic heterocycles. The van der Waals surface area contributed by atoms with Crippen LogP contribution in [0, 0.1) is 6.92 Å². The summed E-state index contributed by atoms with van der Waals surface area (Å²) in [5.74, 6) is -0.687. The molecule has 0 bridgehead atoms. The molecule has 262 valence electrons. The minimum absolute atomic E-state index is 0.0833. The molecule has 6 rings (SSSR count). The monoisotopic (exact) mass is 689 g/mol. The van der Waals surface area contributed by atoms with E-state index in [-0.39, 0.29) is 37.6 Å². The first-order valence-corrected chi connectivity index (χ1v) is 15.5. The molecule has 1 aromatic carbocycles. The summed E-state index contributed by atoms with van der Waals surface area (Å²) in [4.78, 5) is 76.6. The van der Waals surface area contributed by atoms with E-state index in [1.165, 1.54) is 42.3 Å². The highest BCUT2D eigenvalue weighted by molar-refractivity contribution is 6.45. The largest absolute Gasteiger partial charge is 0.494 e. The Morgan fingerprint density at radius 2 is 1.80 bits per heavy atom.